The van der Waals surface area contributed by atoms with Crippen LogP contribution in [-0.2, 0) is 20.8 Å². The molecule has 1 aliphatic heterocycles. The van der Waals surface area contributed by atoms with Crippen molar-refractivity contribution in [2.24, 2.45) is 23.7 Å². The lowest BCUT2D eigenvalue weighted by atomic mass is 9.85. The van der Waals surface area contributed by atoms with Crippen molar-refractivity contribution < 1.29 is 19.5 Å². The smallest absolute Gasteiger partial charge is 0.238 e. The number of nitrogens with one attached hydrogen (secondary N) is 1. The van der Waals surface area contributed by atoms with Crippen LogP contribution in [0.1, 0.15) is 12.0 Å². The van der Waals surface area contributed by atoms with Crippen molar-refractivity contribution in [3.63, 3.8) is 0 Å². The highest BCUT2D eigenvalue weighted by atomic mass is 16.3. The van der Waals surface area contributed by atoms with Gasteiger partial charge in [0.1, 0.15) is 5.75 Å². The van der Waals surface area contributed by atoms with Crippen molar-refractivity contribution in [1.82, 2.24) is 0 Å². The minimum absolute atomic E-state index is 0.102. The molecule has 29 heavy (non-hydrogen) atoms. The number of hydrogen-bond donors (Lipinski definition) is 2. The third-order valence-corrected chi connectivity index (χ3v) is 6.18. The van der Waals surface area contributed by atoms with E-state index in [0.29, 0.717) is 11.4 Å². The number of phenolic OH excluding ortho intramolecular Hbond substituents is 1. The normalized spacial score (nSPS) is 26.8. The first-order valence-corrected chi connectivity index (χ1v) is 9.75. The van der Waals surface area contributed by atoms with Gasteiger partial charge in [-0.2, -0.15) is 0 Å². The van der Waals surface area contributed by atoms with Crippen molar-refractivity contribution in [2.75, 3.05) is 10.2 Å². The van der Waals surface area contributed by atoms with Gasteiger partial charge in [-0.15, -0.1) is 0 Å². The fraction of sp³-hybridized carbons (Fsp3) is 0.261. The zero-order chi connectivity index (χ0) is 20.1. The Labute approximate surface area is 167 Å². The molecular weight excluding hydrogens is 368 g/mol. The van der Waals surface area contributed by atoms with Crippen LogP contribution < -0.4 is 10.2 Å². The predicted octanol–water partition coefficient (Wildman–Crippen LogP) is 2.88. The molecule has 2 fully saturated rings. The number of rotatable bonds is 4. The van der Waals surface area contributed by atoms with Gasteiger partial charge < -0.3 is 10.4 Å². The van der Waals surface area contributed by atoms with E-state index >= 15 is 0 Å². The fourth-order valence-electron chi connectivity index (χ4n) is 4.86. The molecule has 146 valence electrons. The highest BCUT2D eigenvalue weighted by Gasteiger charge is 2.59. The lowest BCUT2D eigenvalue weighted by Gasteiger charge is -2.17. The number of carbonyl (C=O) groups excluding carboxylic acids is 3. The van der Waals surface area contributed by atoms with Crippen LogP contribution in [-0.4, -0.2) is 22.8 Å². The monoisotopic (exact) mass is 388 g/mol. The van der Waals surface area contributed by atoms with Crippen molar-refractivity contribution in [2.45, 2.75) is 12.8 Å². The van der Waals surface area contributed by atoms with Crippen molar-refractivity contribution >= 4 is 29.1 Å². The molecular formula is C23H20N2O4. The Hall–Kier alpha value is -3.41. The van der Waals surface area contributed by atoms with Gasteiger partial charge in [-0.3, -0.25) is 19.3 Å². The number of nitrogens with zero attached hydrogens (tertiary/aromatic N) is 1. The maximum absolute atomic E-state index is 12.9. The molecule has 3 amide bonds. The first-order chi connectivity index (χ1) is 14.0. The summed E-state index contributed by atoms with van der Waals surface area (Å²) in [7, 11) is 0. The summed E-state index contributed by atoms with van der Waals surface area (Å²) in [4.78, 5) is 39.3. The quantitative estimate of drug-likeness (QED) is 0.479. The van der Waals surface area contributed by atoms with E-state index in [9.17, 15) is 19.5 Å². The van der Waals surface area contributed by atoms with Crippen LogP contribution in [0.5, 0.6) is 5.75 Å². The average Bonchev–Trinajstić information content (AvgIpc) is 3.38. The summed E-state index contributed by atoms with van der Waals surface area (Å²) >= 11 is 0. The average molecular weight is 388 g/mol. The maximum Gasteiger partial charge on any atom is 0.238 e. The Morgan fingerprint density at radius 3 is 2.10 bits per heavy atom. The highest BCUT2D eigenvalue weighted by molar-refractivity contribution is 6.22. The molecule has 2 aromatic carbocycles. The number of imide groups is 1. The molecule has 1 saturated carbocycles. The molecule has 2 N–H and O–H groups in total. The second kappa shape index (κ2) is 6.58. The van der Waals surface area contributed by atoms with Gasteiger partial charge in [-0.25, -0.2) is 0 Å². The Morgan fingerprint density at radius 2 is 1.52 bits per heavy atom. The highest BCUT2D eigenvalue weighted by Crippen LogP contribution is 2.53. The Bertz CT molecular complexity index is 996. The van der Waals surface area contributed by atoms with Crippen LogP contribution in [0, 0.1) is 23.7 Å². The van der Waals surface area contributed by atoms with Crippen LogP contribution in [0.3, 0.4) is 0 Å². The van der Waals surface area contributed by atoms with Crippen LogP contribution in [0.25, 0.3) is 0 Å². The second-order valence-corrected chi connectivity index (χ2v) is 7.95. The minimum Gasteiger partial charge on any atom is -0.508 e. The Balaban J connectivity index is 1.27. The molecule has 0 radical (unpaired) electrons. The molecule has 1 saturated heterocycles. The zero-order valence-corrected chi connectivity index (χ0v) is 15.6. The summed E-state index contributed by atoms with van der Waals surface area (Å²) < 4.78 is 0. The van der Waals surface area contributed by atoms with Gasteiger partial charge in [0.15, 0.2) is 0 Å². The van der Waals surface area contributed by atoms with Crippen LogP contribution in [0.15, 0.2) is 60.7 Å². The van der Waals surface area contributed by atoms with Gasteiger partial charge in [-0.1, -0.05) is 24.3 Å². The first kappa shape index (κ1) is 17.7. The van der Waals surface area contributed by atoms with Gasteiger partial charge in [0.2, 0.25) is 17.7 Å². The molecule has 0 aromatic heterocycles. The number of amides is 3. The van der Waals surface area contributed by atoms with E-state index < -0.39 is 0 Å². The number of anilines is 2. The number of carbonyl (C=O) groups is 3. The molecule has 2 aromatic rings. The zero-order valence-electron chi connectivity index (χ0n) is 15.6. The van der Waals surface area contributed by atoms with Gasteiger partial charge in [0, 0.05) is 5.69 Å². The van der Waals surface area contributed by atoms with Crippen molar-refractivity contribution in [3.8, 4) is 5.75 Å². The molecule has 2 bridgehead atoms. The molecule has 4 unspecified atom stereocenters. The molecule has 0 spiro atoms. The number of phenols is 1. The Kier molecular flexibility index (Phi) is 4.01. The van der Waals surface area contributed by atoms with Gasteiger partial charge >= 0.3 is 0 Å². The number of fused-ring (bicyclic) bond motifs is 5. The molecule has 4 atom stereocenters. The van der Waals surface area contributed by atoms with E-state index in [1.54, 1.807) is 36.4 Å². The third-order valence-electron chi connectivity index (χ3n) is 6.18. The topological polar surface area (TPSA) is 86.7 Å². The third kappa shape index (κ3) is 2.92. The molecule has 6 nitrogen and oxygen atoms in total. The van der Waals surface area contributed by atoms with Crippen molar-refractivity contribution in [3.05, 3.63) is 66.2 Å². The number of benzene rings is 2. The SMILES string of the molecule is O=C(Cc1ccc(N2C(=O)C3C4C=CC(C4)C3C2=O)cc1)Nc1ccc(O)cc1. The van der Waals surface area contributed by atoms with Crippen molar-refractivity contribution in [1.29, 1.82) is 0 Å². The van der Waals surface area contributed by atoms with Crippen LogP contribution in [0.2, 0.25) is 0 Å². The molecule has 2 aliphatic carbocycles. The molecule has 3 aliphatic rings. The first-order valence-electron chi connectivity index (χ1n) is 9.75. The van der Waals surface area contributed by atoms with Gasteiger partial charge in [0.05, 0.1) is 23.9 Å². The predicted molar refractivity (Wildman–Crippen MR) is 107 cm³/mol. The lowest BCUT2D eigenvalue weighted by molar-refractivity contribution is -0.123. The lowest BCUT2D eigenvalue weighted by Crippen LogP contribution is -2.32. The maximum atomic E-state index is 12.9. The summed E-state index contributed by atoms with van der Waals surface area (Å²) in [6.07, 6.45) is 5.24. The summed E-state index contributed by atoms with van der Waals surface area (Å²) in [6.45, 7) is 0. The summed E-state index contributed by atoms with van der Waals surface area (Å²) in [5.74, 6) is -0.305. The van der Waals surface area contributed by atoms with E-state index in [4.69, 9.17) is 0 Å². The minimum atomic E-state index is -0.215. The largest absolute Gasteiger partial charge is 0.508 e. The number of hydrogen-bond acceptors (Lipinski definition) is 4. The van der Waals surface area contributed by atoms with E-state index in [0.717, 1.165) is 12.0 Å². The second-order valence-electron chi connectivity index (χ2n) is 7.95. The standard InChI is InChI=1S/C23H20N2O4/c26-18-9-5-16(6-10-18)24-19(27)11-13-1-7-17(8-2-13)25-22(28)20-14-3-4-15(12-14)21(20)23(25)29/h1-10,14-15,20-21,26H,11-12H2,(H,24,27). The van der Waals surface area contributed by atoms with E-state index in [1.807, 2.05) is 0 Å². The van der Waals surface area contributed by atoms with E-state index in [1.165, 1.54) is 17.0 Å². The summed E-state index contributed by atoms with van der Waals surface area (Å²) in [5, 5.41) is 12.1. The van der Waals surface area contributed by atoms with Crippen LogP contribution in [0.4, 0.5) is 11.4 Å². The van der Waals surface area contributed by atoms with Crippen LogP contribution >= 0.6 is 0 Å². The molecule has 6 heteroatoms. The number of aromatic hydroxyl groups is 1. The summed E-state index contributed by atoms with van der Waals surface area (Å²) in [5.41, 5.74) is 1.95. The fourth-order valence-corrected chi connectivity index (χ4v) is 4.86. The van der Waals surface area contributed by atoms with Gasteiger partial charge in [-0.05, 0) is 60.2 Å². The van der Waals surface area contributed by atoms with Gasteiger partial charge in [0.25, 0.3) is 0 Å². The Morgan fingerprint density at radius 1 is 0.931 bits per heavy atom. The van der Waals surface area contributed by atoms with E-state index in [-0.39, 0.29) is 53.6 Å². The molecule has 1 heterocycles. The van der Waals surface area contributed by atoms with E-state index in [2.05, 4.69) is 17.5 Å². The number of allylic oxidation sites excluding steroid dienone is 2. The molecule has 5 rings (SSSR count). The summed E-state index contributed by atoms with van der Waals surface area (Å²) in [6, 6.07) is 13.3.